The Labute approximate surface area is 225 Å². The van der Waals surface area contributed by atoms with E-state index in [9.17, 15) is 31.5 Å². The fraction of sp³-hybridized carbons (Fsp3) is 0.318. The zero-order valence-electron chi connectivity index (χ0n) is 20.3. The zero-order valence-corrected chi connectivity index (χ0v) is 22.7. The van der Waals surface area contributed by atoms with E-state index < -0.39 is 28.1 Å². The standard InChI is InChI=1S/C20H23ClN4O4S2.C2HF3O2/c1-4-9-25-15(10-13(2)22-25)12-24(3)17-6-5-14(11-16(17)20(26)27)23-31(28,29)19-8-7-18(21)30-19;3-2(4,5)1(6)7/h5-8,10-11,23H,4,9,12H2,1-3H3,(H,26,27);(H,6,7). The average molecular weight is 597 g/mol. The van der Waals surface area contributed by atoms with Crippen LogP contribution in [0.4, 0.5) is 24.5 Å². The summed E-state index contributed by atoms with van der Waals surface area (Å²) < 4.78 is 61.5. The van der Waals surface area contributed by atoms with Crippen LogP contribution in [0.25, 0.3) is 0 Å². The third-order valence-corrected chi connectivity index (χ3v) is 7.87. The molecule has 3 aromatic rings. The van der Waals surface area contributed by atoms with Gasteiger partial charge in [0.1, 0.15) is 4.21 Å². The van der Waals surface area contributed by atoms with Crippen molar-refractivity contribution in [2.75, 3.05) is 16.7 Å². The fourth-order valence-corrected chi connectivity index (χ4v) is 5.74. The number of aromatic nitrogens is 2. The van der Waals surface area contributed by atoms with Gasteiger partial charge in [-0.1, -0.05) is 18.5 Å². The highest BCUT2D eigenvalue weighted by atomic mass is 35.5. The molecule has 0 saturated heterocycles. The molecule has 0 unspecified atom stereocenters. The van der Waals surface area contributed by atoms with Crippen LogP contribution in [-0.2, 0) is 27.9 Å². The first-order chi connectivity index (χ1) is 17.5. The highest BCUT2D eigenvalue weighted by molar-refractivity contribution is 7.94. The van der Waals surface area contributed by atoms with Crippen LogP contribution in [0.15, 0.2) is 40.6 Å². The smallest absolute Gasteiger partial charge is 0.478 e. The summed E-state index contributed by atoms with van der Waals surface area (Å²) in [5.41, 5.74) is 2.49. The number of aliphatic carboxylic acids is 1. The lowest BCUT2D eigenvalue weighted by atomic mass is 10.1. The third kappa shape index (κ3) is 8.36. The predicted octanol–water partition coefficient (Wildman–Crippen LogP) is 5.09. The monoisotopic (exact) mass is 596 g/mol. The van der Waals surface area contributed by atoms with Gasteiger partial charge in [-0.2, -0.15) is 18.3 Å². The van der Waals surface area contributed by atoms with Gasteiger partial charge >= 0.3 is 18.1 Å². The Morgan fingerprint density at radius 2 is 1.82 bits per heavy atom. The number of hydrogen-bond acceptors (Lipinski definition) is 7. The molecule has 0 spiro atoms. The predicted molar refractivity (Wildman–Crippen MR) is 137 cm³/mol. The van der Waals surface area contributed by atoms with Crippen molar-refractivity contribution in [1.29, 1.82) is 0 Å². The Hall–Kier alpha value is -3.30. The zero-order chi connectivity index (χ0) is 28.8. The molecule has 2 heterocycles. The van der Waals surface area contributed by atoms with Crippen LogP contribution in [0.2, 0.25) is 4.34 Å². The normalized spacial score (nSPS) is 11.4. The Kier molecular flexibility index (Phi) is 10.2. The minimum Gasteiger partial charge on any atom is -0.478 e. The van der Waals surface area contributed by atoms with Gasteiger partial charge in [0.2, 0.25) is 0 Å². The van der Waals surface area contributed by atoms with Gasteiger partial charge in [0.05, 0.1) is 33.5 Å². The quantitative estimate of drug-likeness (QED) is 0.310. The molecule has 0 fully saturated rings. The van der Waals surface area contributed by atoms with E-state index in [1.165, 1.54) is 18.2 Å². The molecule has 0 amide bonds. The van der Waals surface area contributed by atoms with Crippen molar-refractivity contribution < 1.29 is 41.4 Å². The molecule has 38 heavy (non-hydrogen) atoms. The molecule has 0 saturated carbocycles. The molecular weight excluding hydrogens is 573 g/mol. The Morgan fingerprint density at radius 1 is 1.18 bits per heavy atom. The van der Waals surface area contributed by atoms with Crippen molar-refractivity contribution >= 4 is 56.3 Å². The van der Waals surface area contributed by atoms with Crippen LogP contribution in [0.3, 0.4) is 0 Å². The van der Waals surface area contributed by atoms with E-state index in [1.54, 1.807) is 19.2 Å². The van der Waals surface area contributed by atoms with Gasteiger partial charge in [0, 0.05) is 19.3 Å². The highest BCUT2D eigenvalue weighted by Crippen LogP contribution is 2.30. The lowest BCUT2D eigenvalue weighted by Crippen LogP contribution is -2.22. The summed E-state index contributed by atoms with van der Waals surface area (Å²) in [6.45, 7) is 5.22. The fourth-order valence-electron chi connectivity index (χ4n) is 3.21. The maximum atomic E-state index is 12.5. The summed E-state index contributed by atoms with van der Waals surface area (Å²) in [5.74, 6) is -3.91. The van der Waals surface area contributed by atoms with Crippen molar-refractivity contribution in [1.82, 2.24) is 9.78 Å². The van der Waals surface area contributed by atoms with Crippen molar-refractivity contribution in [3.63, 3.8) is 0 Å². The number of nitrogens with one attached hydrogen (secondary N) is 1. The molecule has 0 atom stereocenters. The molecule has 3 N–H and O–H groups in total. The van der Waals surface area contributed by atoms with Crippen LogP contribution in [0.1, 0.15) is 35.1 Å². The number of sulfonamides is 1. The van der Waals surface area contributed by atoms with Crippen molar-refractivity contribution in [2.24, 2.45) is 0 Å². The highest BCUT2D eigenvalue weighted by Gasteiger charge is 2.38. The summed E-state index contributed by atoms with van der Waals surface area (Å²) in [6.07, 6.45) is -4.15. The van der Waals surface area contributed by atoms with E-state index >= 15 is 0 Å². The SMILES string of the molecule is CCCn1nc(C)cc1CN(C)c1ccc(NS(=O)(=O)c2ccc(Cl)s2)cc1C(=O)O.O=C(O)C(F)(F)F. The van der Waals surface area contributed by atoms with Crippen LogP contribution >= 0.6 is 22.9 Å². The molecule has 0 aliphatic heterocycles. The number of carboxylic acids is 2. The second kappa shape index (κ2) is 12.5. The molecule has 0 aliphatic carbocycles. The number of rotatable bonds is 9. The topological polar surface area (TPSA) is 142 Å². The Morgan fingerprint density at radius 3 is 2.32 bits per heavy atom. The van der Waals surface area contributed by atoms with Crippen LogP contribution in [0.5, 0.6) is 0 Å². The number of alkyl halides is 3. The summed E-state index contributed by atoms with van der Waals surface area (Å²) in [5, 5.41) is 21.3. The number of anilines is 2. The molecule has 3 rings (SSSR count). The van der Waals surface area contributed by atoms with Crippen molar-refractivity contribution in [3.8, 4) is 0 Å². The van der Waals surface area contributed by atoms with E-state index in [-0.39, 0.29) is 15.5 Å². The van der Waals surface area contributed by atoms with E-state index in [4.69, 9.17) is 21.5 Å². The maximum Gasteiger partial charge on any atom is 0.490 e. The van der Waals surface area contributed by atoms with Crippen LogP contribution in [0, 0.1) is 6.92 Å². The lowest BCUT2D eigenvalue weighted by molar-refractivity contribution is -0.192. The molecule has 2 aromatic heterocycles. The molecule has 10 nitrogen and oxygen atoms in total. The molecule has 1 aromatic carbocycles. The number of benzene rings is 1. The van der Waals surface area contributed by atoms with Gasteiger partial charge in [0.25, 0.3) is 10.0 Å². The van der Waals surface area contributed by atoms with Gasteiger partial charge in [-0.3, -0.25) is 9.40 Å². The summed E-state index contributed by atoms with van der Waals surface area (Å²) in [4.78, 5) is 22.6. The van der Waals surface area contributed by atoms with Crippen LogP contribution < -0.4 is 9.62 Å². The molecule has 0 bridgehead atoms. The largest absolute Gasteiger partial charge is 0.490 e. The maximum absolute atomic E-state index is 12.5. The summed E-state index contributed by atoms with van der Waals surface area (Å²) in [7, 11) is -2.07. The number of hydrogen-bond donors (Lipinski definition) is 3. The van der Waals surface area contributed by atoms with E-state index in [0.717, 1.165) is 35.7 Å². The molecule has 16 heteroatoms. The number of halogens is 4. The first-order valence-electron chi connectivity index (χ1n) is 10.7. The minimum absolute atomic E-state index is 0.00908. The summed E-state index contributed by atoms with van der Waals surface area (Å²) in [6, 6.07) is 9.32. The third-order valence-electron chi connectivity index (χ3n) is 4.77. The van der Waals surface area contributed by atoms with Gasteiger partial charge in [-0.25, -0.2) is 18.0 Å². The first kappa shape index (κ1) is 30.9. The number of aryl methyl sites for hydroxylation is 2. The van der Waals surface area contributed by atoms with Gasteiger partial charge in [0.15, 0.2) is 0 Å². The molecule has 0 radical (unpaired) electrons. The number of thiophene rings is 1. The van der Waals surface area contributed by atoms with Gasteiger partial charge < -0.3 is 15.1 Å². The molecular formula is C22H24ClF3N4O6S2. The minimum atomic E-state index is -5.08. The van der Waals surface area contributed by atoms with E-state index in [1.807, 2.05) is 22.6 Å². The summed E-state index contributed by atoms with van der Waals surface area (Å²) >= 11 is 6.75. The Balaban J connectivity index is 0.000000638. The van der Waals surface area contributed by atoms with E-state index in [0.29, 0.717) is 16.6 Å². The average Bonchev–Trinajstić information content (AvgIpc) is 3.39. The number of carbonyl (C=O) groups is 2. The van der Waals surface area contributed by atoms with Gasteiger partial charge in [-0.05, 0) is 49.7 Å². The number of carboxylic acid groups (broad SMARTS) is 2. The van der Waals surface area contributed by atoms with Gasteiger partial charge in [-0.15, -0.1) is 11.3 Å². The first-order valence-corrected chi connectivity index (χ1v) is 13.4. The number of nitrogens with zero attached hydrogens (tertiary/aromatic N) is 3. The van der Waals surface area contributed by atoms with Crippen molar-refractivity contribution in [2.45, 2.75) is 43.7 Å². The Bertz CT molecular complexity index is 1410. The second-order valence-corrected chi connectivity index (χ2v) is 11.5. The van der Waals surface area contributed by atoms with Crippen molar-refractivity contribution in [3.05, 3.63) is 57.7 Å². The molecule has 0 aliphatic rings. The van der Waals surface area contributed by atoms with E-state index in [2.05, 4.69) is 16.7 Å². The number of aromatic carboxylic acids is 1. The lowest BCUT2D eigenvalue weighted by Gasteiger charge is -2.22. The second-order valence-electron chi connectivity index (χ2n) is 7.86. The molecule has 208 valence electrons. The van der Waals surface area contributed by atoms with Crippen LogP contribution in [-0.4, -0.2) is 53.6 Å².